The van der Waals surface area contributed by atoms with Crippen LogP contribution in [-0.2, 0) is 4.79 Å². The van der Waals surface area contributed by atoms with Crippen LogP contribution in [0.3, 0.4) is 0 Å². The number of nitrogens with zero attached hydrogens (tertiary/aromatic N) is 1. The molecule has 1 amide bonds. The van der Waals surface area contributed by atoms with E-state index in [1.54, 1.807) is 0 Å². The zero-order chi connectivity index (χ0) is 12.3. The van der Waals surface area contributed by atoms with Crippen LogP contribution in [0, 0.1) is 11.8 Å². The molecule has 0 bridgehead atoms. The van der Waals surface area contributed by atoms with Gasteiger partial charge in [-0.25, -0.2) is 0 Å². The average molecular weight is 226 g/mol. The van der Waals surface area contributed by atoms with Crippen molar-refractivity contribution in [1.82, 2.24) is 4.90 Å². The highest BCUT2D eigenvalue weighted by atomic mass is 16.2. The number of hydrogen-bond acceptors (Lipinski definition) is 2. The van der Waals surface area contributed by atoms with Crippen molar-refractivity contribution in [3.63, 3.8) is 0 Å². The lowest BCUT2D eigenvalue weighted by atomic mass is 9.98. The summed E-state index contributed by atoms with van der Waals surface area (Å²) in [5.41, 5.74) is 6.01. The van der Waals surface area contributed by atoms with Crippen LogP contribution >= 0.6 is 0 Å². The molecule has 0 aromatic rings. The van der Waals surface area contributed by atoms with Crippen LogP contribution in [0.2, 0.25) is 0 Å². The fourth-order valence-corrected chi connectivity index (χ4v) is 1.82. The van der Waals surface area contributed by atoms with Crippen molar-refractivity contribution in [2.75, 3.05) is 6.54 Å². The molecule has 1 aliphatic rings. The predicted octanol–water partition coefficient (Wildman–Crippen LogP) is 2.01. The molecule has 3 nitrogen and oxygen atoms in total. The van der Waals surface area contributed by atoms with E-state index in [-0.39, 0.29) is 23.9 Å². The first-order chi connectivity index (χ1) is 7.47. The van der Waals surface area contributed by atoms with Crippen molar-refractivity contribution >= 4 is 5.91 Å². The van der Waals surface area contributed by atoms with Crippen LogP contribution in [0.4, 0.5) is 0 Å². The minimum absolute atomic E-state index is 0.135. The van der Waals surface area contributed by atoms with Gasteiger partial charge in [0.2, 0.25) is 5.91 Å². The first kappa shape index (κ1) is 13.5. The van der Waals surface area contributed by atoms with Gasteiger partial charge in [0.1, 0.15) is 0 Å². The maximum absolute atomic E-state index is 12.2. The molecule has 94 valence electrons. The van der Waals surface area contributed by atoms with E-state index in [0.29, 0.717) is 0 Å². The quantitative estimate of drug-likeness (QED) is 0.753. The summed E-state index contributed by atoms with van der Waals surface area (Å²) in [6, 6.07) is -0.0608. The Hall–Kier alpha value is -0.570. The van der Waals surface area contributed by atoms with E-state index in [2.05, 4.69) is 27.7 Å². The number of carbonyl (C=O) groups excluding carboxylic acids is 1. The maximum atomic E-state index is 12.2. The first-order valence-electron chi connectivity index (χ1n) is 6.53. The van der Waals surface area contributed by atoms with E-state index in [0.717, 1.165) is 18.9 Å². The van der Waals surface area contributed by atoms with Crippen molar-refractivity contribution in [2.24, 2.45) is 17.6 Å². The van der Waals surface area contributed by atoms with Gasteiger partial charge in [-0.1, -0.05) is 20.3 Å². The summed E-state index contributed by atoms with van der Waals surface area (Å²) in [4.78, 5) is 14.2. The van der Waals surface area contributed by atoms with Crippen LogP contribution < -0.4 is 5.73 Å². The number of amides is 1. The molecule has 16 heavy (non-hydrogen) atoms. The predicted molar refractivity (Wildman–Crippen MR) is 67.0 cm³/mol. The Labute approximate surface area is 99.4 Å². The smallest absolute Gasteiger partial charge is 0.239 e. The molecule has 0 saturated heterocycles. The third-order valence-corrected chi connectivity index (χ3v) is 3.60. The third-order valence-electron chi connectivity index (χ3n) is 3.60. The Balaban J connectivity index is 2.57. The number of hydrogen-bond donors (Lipinski definition) is 1. The molecule has 2 atom stereocenters. The van der Waals surface area contributed by atoms with Gasteiger partial charge in [0.15, 0.2) is 0 Å². The fraction of sp³-hybridized carbons (Fsp3) is 0.923. The van der Waals surface area contributed by atoms with Crippen LogP contribution in [-0.4, -0.2) is 29.4 Å². The number of carbonyl (C=O) groups is 1. The molecule has 0 spiro atoms. The highest BCUT2D eigenvalue weighted by molar-refractivity contribution is 5.82. The van der Waals surface area contributed by atoms with E-state index in [4.69, 9.17) is 5.73 Å². The molecular formula is C13H26N2O. The van der Waals surface area contributed by atoms with Crippen LogP contribution in [0.15, 0.2) is 0 Å². The van der Waals surface area contributed by atoms with Crippen molar-refractivity contribution in [3.8, 4) is 0 Å². The zero-order valence-corrected chi connectivity index (χ0v) is 11.1. The molecule has 1 saturated carbocycles. The summed E-state index contributed by atoms with van der Waals surface area (Å²) in [5.74, 6) is 1.14. The van der Waals surface area contributed by atoms with Gasteiger partial charge in [-0.3, -0.25) is 4.79 Å². The standard InChI is InChI=1S/C13H26N2O/c1-5-10(4)12(14)13(16)15(9(2)3)8-11-6-7-11/h9-12H,5-8,14H2,1-4H3/t10-,12-/m0/s1. The van der Waals surface area contributed by atoms with E-state index < -0.39 is 0 Å². The summed E-state index contributed by atoms with van der Waals surface area (Å²) in [6.45, 7) is 9.18. The summed E-state index contributed by atoms with van der Waals surface area (Å²) < 4.78 is 0. The molecule has 1 rings (SSSR count). The zero-order valence-electron chi connectivity index (χ0n) is 11.1. The second-order valence-electron chi connectivity index (χ2n) is 5.44. The lowest BCUT2D eigenvalue weighted by Gasteiger charge is -2.31. The van der Waals surface area contributed by atoms with E-state index in [1.165, 1.54) is 12.8 Å². The van der Waals surface area contributed by atoms with Gasteiger partial charge >= 0.3 is 0 Å². The largest absolute Gasteiger partial charge is 0.339 e. The topological polar surface area (TPSA) is 46.3 Å². The average Bonchev–Trinajstić information content (AvgIpc) is 3.06. The number of rotatable bonds is 6. The Bertz CT molecular complexity index is 236. The van der Waals surface area contributed by atoms with E-state index >= 15 is 0 Å². The van der Waals surface area contributed by atoms with Gasteiger partial charge in [0.05, 0.1) is 6.04 Å². The fourth-order valence-electron chi connectivity index (χ4n) is 1.82. The highest BCUT2D eigenvalue weighted by Crippen LogP contribution is 2.30. The minimum Gasteiger partial charge on any atom is -0.339 e. The Morgan fingerprint density at radius 2 is 1.94 bits per heavy atom. The summed E-state index contributed by atoms with van der Waals surface area (Å²) in [6.07, 6.45) is 3.51. The van der Waals surface area contributed by atoms with Crippen molar-refractivity contribution < 1.29 is 4.79 Å². The molecule has 1 fully saturated rings. The SMILES string of the molecule is CC[C@H](C)[C@H](N)C(=O)N(CC1CC1)C(C)C. The first-order valence-corrected chi connectivity index (χ1v) is 6.53. The monoisotopic (exact) mass is 226 g/mol. The molecule has 0 heterocycles. The molecule has 0 radical (unpaired) electrons. The van der Waals surface area contributed by atoms with Crippen molar-refractivity contribution in [1.29, 1.82) is 0 Å². The Morgan fingerprint density at radius 1 is 1.38 bits per heavy atom. The lowest BCUT2D eigenvalue weighted by molar-refractivity contribution is -0.135. The summed E-state index contributed by atoms with van der Waals surface area (Å²) >= 11 is 0. The summed E-state index contributed by atoms with van der Waals surface area (Å²) in [7, 11) is 0. The van der Waals surface area contributed by atoms with Crippen molar-refractivity contribution in [2.45, 2.75) is 59.0 Å². The molecular weight excluding hydrogens is 200 g/mol. The minimum atomic E-state index is -0.328. The second kappa shape index (κ2) is 5.67. The normalized spacial score (nSPS) is 19.6. The Kier molecular flexibility index (Phi) is 4.78. The highest BCUT2D eigenvalue weighted by Gasteiger charge is 2.31. The van der Waals surface area contributed by atoms with Crippen LogP contribution in [0.25, 0.3) is 0 Å². The molecule has 0 aliphatic heterocycles. The van der Waals surface area contributed by atoms with Gasteiger partial charge in [-0.15, -0.1) is 0 Å². The molecule has 0 unspecified atom stereocenters. The number of nitrogens with two attached hydrogens (primary N) is 1. The molecule has 2 N–H and O–H groups in total. The van der Waals surface area contributed by atoms with Gasteiger partial charge < -0.3 is 10.6 Å². The van der Waals surface area contributed by atoms with Crippen LogP contribution in [0.1, 0.15) is 47.0 Å². The van der Waals surface area contributed by atoms with Gasteiger partial charge in [-0.2, -0.15) is 0 Å². The molecule has 0 aromatic carbocycles. The van der Waals surface area contributed by atoms with Gasteiger partial charge in [0, 0.05) is 12.6 Å². The van der Waals surface area contributed by atoms with Gasteiger partial charge in [0.25, 0.3) is 0 Å². The molecule has 3 heteroatoms. The van der Waals surface area contributed by atoms with Gasteiger partial charge in [-0.05, 0) is 38.5 Å². The summed E-state index contributed by atoms with van der Waals surface area (Å²) in [5, 5.41) is 0. The lowest BCUT2D eigenvalue weighted by Crippen LogP contribution is -2.50. The molecule has 0 aromatic heterocycles. The van der Waals surface area contributed by atoms with Crippen LogP contribution in [0.5, 0.6) is 0 Å². The van der Waals surface area contributed by atoms with Crippen molar-refractivity contribution in [3.05, 3.63) is 0 Å². The Morgan fingerprint density at radius 3 is 2.31 bits per heavy atom. The van der Waals surface area contributed by atoms with E-state index in [9.17, 15) is 4.79 Å². The third kappa shape index (κ3) is 3.48. The second-order valence-corrected chi connectivity index (χ2v) is 5.44. The molecule has 1 aliphatic carbocycles. The van der Waals surface area contributed by atoms with E-state index in [1.807, 2.05) is 4.90 Å². The maximum Gasteiger partial charge on any atom is 0.239 e.